The molecule has 1 heterocycles. The molecule has 2 aromatic rings. The van der Waals surface area contributed by atoms with Crippen LogP contribution in [0, 0.1) is 29.4 Å². The van der Waals surface area contributed by atoms with Gasteiger partial charge < -0.3 is 9.47 Å². The van der Waals surface area contributed by atoms with E-state index in [0.29, 0.717) is 18.8 Å². The van der Waals surface area contributed by atoms with Crippen molar-refractivity contribution in [2.24, 2.45) is 5.92 Å². The fraction of sp³-hybridized carbons (Fsp3) is 0.273. The minimum absolute atomic E-state index is 0.281. The predicted octanol–water partition coefficient (Wildman–Crippen LogP) is 4.94. The predicted molar refractivity (Wildman–Crippen MR) is 97.3 cm³/mol. The Labute approximate surface area is 152 Å². The number of ether oxygens (including phenoxy) is 2. The third kappa shape index (κ3) is 4.78. The zero-order chi connectivity index (χ0) is 18.4. The lowest BCUT2D eigenvalue weighted by atomic mass is 10.0. The summed E-state index contributed by atoms with van der Waals surface area (Å²) in [5.41, 5.74) is 2.22. The molecule has 0 radical (unpaired) electrons. The molecule has 0 saturated carbocycles. The summed E-state index contributed by atoms with van der Waals surface area (Å²) in [5, 5.41) is 0. The van der Waals surface area contributed by atoms with E-state index in [1.807, 2.05) is 24.3 Å². The van der Waals surface area contributed by atoms with Gasteiger partial charge in [-0.3, -0.25) is 0 Å². The first-order valence-corrected chi connectivity index (χ1v) is 8.62. The Bertz CT molecular complexity index is 823. The van der Waals surface area contributed by atoms with Crippen LogP contribution in [0.1, 0.15) is 18.9 Å². The van der Waals surface area contributed by atoms with Gasteiger partial charge in [-0.05, 0) is 47.7 Å². The summed E-state index contributed by atoms with van der Waals surface area (Å²) in [5.74, 6) is 4.56. The van der Waals surface area contributed by atoms with Crippen LogP contribution in [-0.2, 0) is 9.47 Å². The second kappa shape index (κ2) is 8.75. The molecule has 0 aromatic heterocycles. The first-order chi connectivity index (χ1) is 12.7. The molecule has 1 aliphatic heterocycles. The summed E-state index contributed by atoms with van der Waals surface area (Å²) in [6.45, 7) is 3.29. The molecule has 0 N–H and O–H groups in total. The molecule has 26 heavy (non-hydrogen) atoms. The van der Waals surface area contributed by atoms with Gasteiger partial charge in [0.1, 0.15) is 0 Å². The zero-order valence-electron chi connectivity index (χ0n) is 14.5. The number of allylic oxidation sites excluding steroid dienone is 1. The maximum atomic E-state index is 13.3. The molecule has 0 amide bonds. The van der Waals surface area contributed by atoms with Crippen LogP contribution in [0.4, 0.5) is 8.78 Å². The van der Waals surface area contributed by atoms with Gasteiger partial charge >= 0.3 is 0 Å². The number of hydrogen-bond acceptors (Lipinski definition) is 2. The van der Waals surface area contributed by atoms with Crippen molar-refractivity contribution in [2.45, 2.75) is 19.6 Å². The SMILES string of the molecule is CCC=CC1COC(C#Cc2ccc(-c3ccc(F)c(F)c3)cc2)OC1. The van der Waals surface area contributed by atoms with Gasteiger partial charge in [0.25, 0.3) is 0 Å². The van der Waals surface area contributed by atoms with Crippen molar-refractivity contribution in [3.05, 3.63) is 71.8 Å². The van der Waals surface area contributed by atoms with E-state index in [9.17, 15) is 8.78 Å². The average Bonchev–Trinajstić information content (AvgIpc) is 2.68. The minimum atomic E-state index is -0.856. The summed E-state index contributed by atoms with van der Waals surface area (Å²) >= 11 is 0. The van der Waals surface area contributed by atoms with Crippen LogP contribution in [0.5, 0.6) is 0 Å². The van der Waals surface area contributed by atoms with Gasteiger partial charge in [0.05, 0.1) is 13.2 Å². The van der Waals surface area contributed by atoms with Crippen molar-refractivity contribution in [1.29, 1.82) is 0 Å². The molecular formula is C22H20F2O2. The summed E-state index contributed by atoms with van der Waals surface area (Å²) in [6, 6.07) is 11.2. The molecule has 4 heteroatoms. The summed E-state index contributed by atoms with van der Waals surface area (Å²) in [6.07, 6.45) is 4.70. The fourth-order valence-corrected chi connectivity index (χ4v) is 2.61. The molecule has 0 unspecified atom stereocenters. The van der Waals surface area contributed by atoms with Crippen molar-refractivity contribution in [3.63, 3.8) is 0 Å². The first-order valence-electron chi connectivity index (χ1n) is 8.62. The Morgan fingerprint density at radius 1 is 1.00 bits per heavy atom. The van der Waals surface area contributed by atoms with Crippen LogP contribution in [0.25, 0.3) is 11.1 Å². The number of benzene rings is 2. The standard InChI is InChI=1S/C22H20F2O2/c1-2-3-4-17-14-25-22(26-15-17)12-7-16-5-8-18(9-6-16)19-10-11-20(23)21(24)13-19/h3-6,8-11,13,17,22H,2,14-15H2,1H3. The third-order valence-electron chi connectivity index (χ3n) is 4.04. The van der Waals surface area contributed by atoms with E-state index in [1.165, 1.54) is 6.07 Å². The number of halogens is 2. The van der Waals surface area contributed by atoms with Crippen LogP contribution in [0.2, 0.25) is 0 Å². The first kappa shape index (κ1) is 18.3. The van der Waals surface area contributed by atoms with Crippen LogP contribution in [0.3, 0.4) is 0 Å². The lowest BCUT2D eigenvalue weighted by Crippen LogP contribution is -2.30. The van der Waals surface area contributed by atoms with Gasteiger partial charge in [0, 0.05) is 11.5 Å². The van der Waals surface area contributed by atoms with Crippen molar-refractivity contribution in [3.8, 4) is 23.0 Å². The Balaban J connectivity index is 1.61. The third-order valence-corrected chi connectivity index (χ3v) is 4.04. The smallest absolute Gasteiger partial charge is 0.222 e. The van der Waals surface area contributed by atoms with E-state index in [4.69, 9.17) is 9.47 Å². The zero-order valence-corrected chi connectivity index (χ0v) is 14.5. The highest BCUT2D eigenvalue weighted by Gasteiger charge is 2.18. The van der Waals surface area contributed by atoms with Crippen molar-refractivity contribution in [2.75, 3.05) is 13.2 Å². The Morgan fingerprint density at radius 2 is 1.69 bits per heavy atom. The maximum Gasteiger partial charge on any atom is 0.222 e. The highest BCUT2D eigenvalue weighted by molar-refractivity contribution is 5.64. The molecular weight excluding hydrogens is 334 g/mol. The quantitative estimate of drug-likeness (QED) is 0.574. The summed E-state index contributed by atoms with van der Waals surface area (Å²) in [7, 11) is 0. The Hall–Kier alpha value is -2.48. The molecule has 0 bridgehead atoms. The van der Waals surface area contributed by atoms with E-state index in [1.54, 1.807) is 6.07 Å². The van der Waals surface area contributed by atoms with Crippen molar-refractivity contribution >= 4 is 0 Å². The van der Waals surface area contributed by atoms with Gasteiger partial charge in [-0.2, -0.15) is 0 Å². The normalized spacial score (nSPS) is 20.0. The van der Waals surface area contributed by atoms with Gasteiger partial charge in [0.2, 0.25) is 6.29 Å². The lowest BCUT2D eigenvalue weighted by molar-refractivity contribution is -0.160. The second-order valence-corrected chi connectivity index (χ2v) is 6.07. The number of rotatable bonds is 3. The Kier molecular flexibility index (Phi) is 6.17. The van der Waals surface area contributed by atoms with Crippen LogP contribution in [0.15, 0.2) is 54.6 Å². The van der Waals surface area contributed by atoms with Gasteiger partial charge in [-0.25, -0.2) is 8.78 Å². The molecule has 1 saturated heterocycles. The minimum Gasteiger partial charge on any atom is -0.341 e. The highest BCUT2D eigenvalue weighted by Crippen LogP contribution is 2.22. The van der Waals surface area contributed by atoms with E-state index >= 15 is 0 Å². The second-order valence-electron chi connectivity index (χ2n) is 6.07. The van der Waals surface area contributed by atoms with Crippen molar-refractivity contribution in [1.82, 2.24) is 0 Å². The molecule has 134 valence electrons. The largest absolute Gasteiger partial charge is 0.341 e. The van der Waals surface area contributed by atoms with E-state index in [-0.39, 0.29) is 5.92 Å². The van der Waals surface area contributed by atoms with E-state index in [0.717, 1.165) is 23.6 Å². The highest BCUT2D eigenvalue weighted by atomic mass is 19.2. The fourth-order valence-electron chi connectivity index (χ4n) is 2.61. The molecule has 2 aromatic carbocycles. The Morgan fingerprint density at radius 3 is 2.35 bits per heavy atom. The molecule has 2 nitrogen and oxygen atoms in total. The molecule has 1 fully saturated rings. The van der Waals surface area contributed by atoms with Crippen LogP contribution >= 0.6 is 0 Å². The summed E-state index contributed by atoms with van der Waals surface area (Å²) < 4.78 is 37.6. The average molecular weight is 354 g/mol. The van der Waals surface area contributed by atoms with Gasteiger partial charge in [0.15, 0.2) is 11.6 Å². The van der Waals surface area contributed by atoms with Crippen LogP contribution in [-0.4, -0.2) is 19.5 Å². The number of hydrogen-bond donors (Lipinski definition) is 0. The molecule has 0 spiro atoms. The van der Waals surface area contributed by atoms with E-state index in [2.05, 4.69) is 30.9 Å². The molecule has 0 aliphatic carbocycles. The van der Waals surface area contributed by atoms with Crippen LogP contribution < -0.4 is 0 Å². The lowest BCUT2D eigenvalue weighted by Gasteiger charge is -2.24. The monoisotopic (exact) mass is 354 g/mol. The van der Waals surface area contributed by atoms with Gasteiger partial charge in [-0.1, -0.05) is 43.2 Å². The van der Waals surface area contributed by atoms with Crippen molar-refractivity contribution < 1.29 is 18.3 Å². The maximum absolute atomic E-state index is 13.3. The molecule has 0 atom stereocenters. The van der Waals surface area contributed by atoms with E-state index < -0.39 is 17.9 Å². The topological polar surface area (TPSA) is 18.5 Å². The summed E-state index contributed by atoms with van der Waals surface area (Å²) in [4.78, 5) is 0. The molecule has 3 rings (SSSR count). The molecule has 1 aliphatic rings. The van der Waals surface area contributed by atoms with Gasteiger partial charge in [-0.15, -0.1) is 0 Å².